The fourth-order valence-corrected chi connectivity index (χ4v) is 0.220. The van der Waals surface area contributed by atoms with E-state index in [1.807, 2.05) is 0 Å². The van der Waals surface area contributed by atoms with Crippen LogP contribution in [0.4, 0.5) is 0 Å². The summed E-state index contributed by atoms with van der Waals surface area (Å²) in [6, 6.07) is 0. The Morgan fingerprint density at radius 1 is 1.57 bits per heavy atom. The van der Waals surface area contributed by atoms with E-state index >= 15 is 0 Å². The van der Waals surface area contributed by atoms with E-state index in [1.165, 1.54) is 0 Å². The van der Waals surface area contributed by atoms with E-state index in [4.69, 9.17) is 5.26 Å². The van der Waals surface area contributed by atoms with E-state index in [0.29, 0.717) is 0 Å². The molecule has 0 aliphatic rings. The van der Waals surface area contributed by atoms with Crippen molar-refractivity contribution in [3.63, 3.8) is 0 Å². The van der Waals surface area contributed by atoms with Gasteiger partial charge >= 0.3 is 0 Å². The van der Waals surface area contributed by atoms with Gasteiger partial charge < -0.3 is 0 Å². The minimum atomic E-state index is -1.65. The molecule has 1 N–H and O–H groups in total. The standard InChI is InChI=1S/C3H8O3S/c1-7(2,3)6-5-4/h4H,1-2H2,3H3. The van der Waals surface area contributed by atoms with Crippen molar-refractivity contribution < 1.29 is 14.6 Å². The molecule has 7 heavy (non-hydrogen) atoms. The molecule has 0 rings (SSSR count). The molecule has 0 aromatic rings. The van der Waals surface area contributed by atoms with Crippen LogP contribution < -0.4 is 0 Å². The predicted octanol–water partition coefficient (Wildman–Crippen LogP) is 0.621. The molecular weight excluding hydrogens is 116 g/mol. The molecule has 0 aromatic carbocycles. The Labute approximate surface area is 43.0 Å². The molecule has 0 amide bonds. The lowest BCUT2D eigenvalue weighted by Crippen LogP contribution is -1.82. The summed E-state index contributed by atoms with van der Waals surface area (Å²) in [5.74, 6) is 6.85. The third-order valence-corrected chi connectivity index (χ3v) is 0.584. The molecule has 0 bridgehead atoms. The first-order valence-electron chi connectivity index (χ1n) is 1.50. The highest BCUT2D eigenvalue weighted by Gasteiger charge is 1.82. The molecule has 0 aromatic heterocycles. The van der Waals surface area contributed by atoms with Gasteiger partial charge in [-0.2, -0.15) is 0 Å². The summed E-state index contributed by atoms with van der Waals surface area (Å²) in [5.41, 5.74) is 0. The molecule has 0 atom stereocenters. The van der Waals surface area contributed by atoms with Gasteiger partial charge in [0.05, 0.1) is 0 Å². The van der Waals surface area contributed by atoms with Crippen LogP contribution in [0.2, 0.25) is 0 Å². The summed E-state index contributed by atoms with van der Waals surface area (Å²) in [6.07, 6.45) is 1.63. The van der Waals surface area contributed by atoms with Gasteiger partial charge in [0, 0.05) is 0 Å². The van der Waals surface area contributed by atoms with Crippen molar-refractivity contribution in [2.75, 3.05) is 6.26 Å². The fraction of sp³-hybridized carbons (Fsp3) is 0.333. The summed E-state index contributed by atoms with van der Waals surface area (Å²) < 4.78 is 4.15. The Kier molecular flexibility index (Phi) is 2.31. The zero-order chi connectivity index (χ0) is 5.91. The minimum Gasteiger partial charge on any atom is -0.220 e. The maximum absolute atomic E-state index is 7.62. The Morgan fingerprint density at radius 2 is 2.00 bits per heavy atom. The second-order valence-electron chi connectivity index (χ2n) is 1.33. The van der Waals surface area contributed by atoms with Gasteiger partial charge in [-0.25, -0.2) is 5.26 Å². The first kappa shape index (κ1) is 6.97. The lowest BCUT2D eigenvalue weighted by Gasteiger charge is -1.99. The Balaban J connectivity index is 3.60. The van der Waals surface area contributed by atoms with Gasteiger partial charge in [0.25, 0.3) is 0 Å². The van der Waals surface area contributed by atoms with Gasteiger partial charge in [0.2, 0.25) is 0 Å². The maximum Gasteiger partial charge on any atom is -0.00346 e. The van der Waals surface area contributed by atoms with Crippen molar-refractivity contribution >= 4 is 21.2 Å². The zero-order valence-electron chi connectivity index (χ0n) is 4.09. The number of hydrogen-bond donors (Lipinski definition) is 1. The van der Waals surface area contributed by atoms with Crippen LogP contribution in [0, 0.1) is 0 Å². The smallest absolute Gasteiger partial charge is 0.00346 e. The highest BCUT2D eigenvalue weighted by Crippen LogP contribution is 2.12. The average molecular weight is 124 g/mol. The molecule has 0 fully saturated rings. The Hall–Kier alpha value is -0.0300. The van der Waals surface area contributed by atoms with E-state index in [2.05, 4.69) is 21.1 Å². The van der Waals surface area contributed by atoms with Crippen LogP contribution in [-0.4, -0.2) is 23.3 Å². The number of hydrogen-bond acceptors (Lipinski definition) is 3. The first-order valence-corrected chi connectivity index (χ1v) is 3.81. The largest absolute Gasteiger partial charge is 0.220 e. The van der Waals surface area contributed by atoms with Gasteiger partial charge in [-0.3, -0.25) is 0 Å². The van der Waals surface area contributed by atoms with Gasteiger partial charge in [0.1, 0.15) is 0 Å². The van der Waals surface area contributed by atoms with Crippen molar-refractivity contribution in [3.8, 4) is 0 Å². The molecular formula is C3H8O3S. The van der Waals surface area contributed by atoms with Crippen molar-refractivity contribution in [3.05, 3.63) is 0 Å². The van der Waals surface area contributed by atoms with Gasteiger partial charge in [-0.05, 0) is 6.26 Å². The average Bonchev–Trinajstić information content (AvgIpc) is 1.30. The lowest BCUT2D eigenvalue weighted by molar-refractivity contribution is -0.432. The van der Waals surface area contributed by atoms with Crippen LogP contribution in [0.15, 0.2) is 0 Å². The van der Waals surface area contributed by atoms with E-state index in [9.17, 15) is 0 Å². The predicted molar refractivity (Wildman–Crippen MR) is 32.6 cm³/mol. The van der Waals surface area contributed by atoms with Crippen LogP contribution in [0.5, 0.6) is 0 Å². The molecule has 0 aliphatic carbocycles. The van der Waals surface area contributed by atoms with Crippen LogP contribution in [0.25, 0.3) is 0 Å². The summed E-state index contributed by atoms with van der Waals surface area (Å²) in [7, 11) is -1.65. The minimum absolute atomic E-state index is 1.63. The first-order chi connectivity index (χ1) is 3.06. The molecule has 4 heteroatoms. The van der Waals surface area contributed by atoms with Gasteiger partial charge in [-0.15, -0.1) is 4.33 Å². The van der Waals surface area contributed by atoms with Crippen molar-refractivity contribution in [2.45, 2.75) is 0 Å². The van der Waals surface area contributed by atoms with Crippen LogP contribution in [0.3, 0.4) is 0 Å². The third kappa shape index (κ3) is 5.97. The van der Waals surface area contributed by atoms with E-state index < -0.39 is 9.49 Å². The van der Waals surface area contributed by atoms with Crippen molar-refractivity contribution in [2.24, 2.45) is 0 Å². The summed E-state index contributed by atoms with van der Waals surface area (Å²) in [6.45, 7) is 0. The lowest BCUT2D eigenvalue weighted by atomic mass is 11.9. The normalized spacial score (nSPS) is 11.7. The van der Waals surface area contributed by atoms with E-state index in [-0.39, 0.29) is 0 Å². The third-order valence-electron chi connectivity index (χ3n) is 0.195. The molecule has 0 radical (unpaired) electrons. The molecule has 3 nitrogen and oxygen atoms in total. The van der Waals surface area contributed by atoms with Crippen LogP contribution in [0.1, 0.15) is 0 Å². The SMILES string of the molecule is C=S(=C)(C)OOO. The monoisotopic (exact) mass is 124 g/mol. The second-order valence-corrected chi connectivity index (χ2v) is 3.83. The highest BCUT2D eigenvalue weighted by molar-refractivity contribution is 8.23. The number of rotatable bonds is 2. The van der Waals surface area contributed by atoms with E-state index in [0.717, 1.165) is 0 Å². The fourth-order valence-electron chi connectivity index (χ4n) is 0.0735. The van der Waals surface area contributed by atoms with Crippen molar-refractivity contribution in [1.29, 1.82) is 0 Å². The molecule has 0 saturated carbocycles. The van der Waals surface area contributed by atoms with Crippen LogP contribution >= 0.6 is 9.49 Å². The van der Waals surface area contributed by atoms with Crippen LogP contribution in [-0.2, 0) is 9.37 Å². The summed E-state index contributed by atoms with van der Waals surface area (Å²) in [5, 5.41) is 10.9. The summed E-state index contributed by atoms with van der Waals surface area (Å²) in [4.78, 5) is 0. The molecule has 0 heterocycles. The Bertz CT molecular complexity index is 123. The second kappa shape index (κ2) is 2.32. The van der Waals surface area contributed by atoms with Gasteiger partial charge in [-0.1, -0.05) is 26.3 Å². The van der Waals surface area contributed by atoms with E-state index in [1.54, 1.807) is 6.26 Å². The molecule has 44 valence electrons. The van der Waals surface area contributed by atoms with Crippen molar-refractivity contribution in [1.82, 2.24) is 0 Å². The molecule has 0 unspecified atom stereocenters. The summed E-state index contributed by atoms with van der Waals surface area (Å²) >= 11 is 0. The molecule has 0 aliphatic heterocycles. The molecule has 0 saturated heterocycles. The topological polar surface area (TPSA) is 38.7 Å². The maximum atomic E-state index is 7.62. The zero-order valence-corrected chi connectivity index (χ0v) is 4.90. The highest BCUT2D eigenvalue weighted by atomic mass is 32.2. The molecule has 0 spiro atoms. The Morgan fingerprint density at radius 3 is 2.00 bits per heavy atom. The van der Waals surface area contributed by atoms with Gasteiger partial charge in [0.15, 0.2) is 0 Å². The quantitative estimate of drug-likeness (QED) is 0.333.